The van der Waals surface area contributed by atoms with Crippen molar-refractivity contribution in [3.05, 3.63) is 89.7 Å². The summed E-state index contributed by atoms with van der Waals surface area (Å²) in [5.41, 5.74) is 2.24. The predicted molar refractivity (Wildman–Crippen MR) is 105 cm³/mol. The van der Waals surface area contributed by atoms with Gasteiger partial charge in [-0.1, -0.05) is 60.2 Å². The first-order valence-electron chi connectivity index (χ1n) is 8.67. The van der Waals surface area contributed by atoms with Crippen molar-refractivity contribution >= 4 is 15.9 Å². The molecular formula is C22H19FO4S. The quantitative estimate of drug-likeness (QED) is 0.443. The van der Waals surface area contributed by atoms with Crippen LogP contribution in [0.4, 0.5) is 4.39 Å². The molecule has 0 saturated heterocycles. The number of hydrogen-bond acceptors (Lipinski definition) is 4. The van der Waals surface area contributed by atoms with Gasteiger partial charge in [-0.25, -0.2) is 4.39 Å². The van der Waals surface area contributed by atoms with Gasteiger partial charge >= 0.3 is 0 Å². The Morgan fingerprint density at radius 3 is 2.14 bits per heavy atom. The van der Waals surface area contributed by atoms with E-state index in [1.165, 1.54) is 37.3 Å². The topological polar surface area (TPSA) is 60.4 Å². The first-order valence-corrected chi connectivity index (χ1v) is 10.1. The summed E-state index contributed by atoms with van der Waals surface area (Å²) in [6.45, 7) is 3.23. The monoisotopic (exact) mass is 398 g/mol. The van der Waals surface area contributed by atoms with Crippen LogP contribution in [-0.2, 0) is 14.3 Å². The van der Waals surface area contributed by atoms with Gasteiger partial charge in [0.1, 0.15) is 11.9 Å². The fourth-order valence-corrected chi connectivity index (χ4v) is 3.79. The minimum atomic E-state index is -4.06. The third-order valence-electron chi connectivity index (χ3n) is 4.30. The zero-order valence-electron chi connectivity index (χ0n) is 15.4. The van der Waals surface area contributed by atoms with E-state index in [-0.39, 0.29) is 16.3 Å². The number of carbonyl (C=O) groups excluding carboxylic acids is 1. The second-order valence-electron chi connectivity index (χ2n) is 6.43. The van der Waals surface area contributed by atoms with Crippen molar-refractivity contribution in [2.75, 3.05) is 0 Å². The molecule has 0 aliphatic rings. The Morgan fingerprint density at radius 2 is 1.54 bits per heavy atom. The highest BCUT2D eigenvalue weighted by molar-refractivity contribution is 7.86. The van der Waals surface area contributed by atoms with E-state index in [0.717, 1.165) is 5.56 Å². The van der Waals surface area contributed by atoms with Crippen LogP contribution in [0.15, 0.2) is 77.7 Å². The van der Waals surface area contributed by atoms with E-state index in [0.29, 0.717) is 11.1 Å². The lowest BCUT2D eigenvalue weighted by Gasteiger charge is -2.13. The Labute approximate surface area is 163 Å². The molecule has 0 spiro atoms. The van der Waals surface area contributed by atoms with Gasteiger partial charge in [0, 0.05) is 11.1 Å². The van der Waals surface area contributed by atoms with E-state index in [2.05, 4.69) is 0 Å². The molecule has 0 aromatic heterocycles. The Bertz CT molecular complexity index is 1090. The Hall–Kier alpha value is -2.83. The van der Waals surface area contributed by atoms with Gasteiger partial charge in [-0.2, -0.15) is 8.42 Å². The smallest absolute Gasteiger partial charge is 0.291 e. The van der Waals surface area contributed by atoms with Gasteiger partial charge in [0.05, 0.1) is 4.90 Å². The highest BCUT2D eigenvalue weighted by atomic mass is 32.2. The largest absolute Gasteiger partial charge is 0.297 e. The molecule has 0 aliphatic carbocycles. The summed E-state index contributed by atoms with van der Waals surface area (Å²) in [6, 6.07) is 18.8. The van der Waals surface area contributed by atoms with Gasteiger partial charge in [0.25, 0.3) is 10.1 Å². The first-order chi connectivity index (χ1) is 13.3. The van der Waals surface area contributed by atoms with Crippen LogP contribution in [-0.4, -0.2) is 20.3 Å². The summed E-state index contributed by atoms with van der Waals surface area (Å²) in [5.74, 6) is -0.835. The lowest BCUT2D eigenvalue weighted by Crippen LogP contribution is -2.24. The standard InChI is InChI=1S/C22H19FO4S/c1-15-7-13-19(14-8-15)28(25,26)27-16(2)22(24)18-11-9-17(10-12-18)20-5-3-4-6-21(20)23/h3-14,16H,1-2H3/t16-/m1/s1. The number of hydrogen-bond donors (Lipinski definition) is 0. The van der Waals surface area contributed by atoms with Gasteiger partial charge in [-0.05, 0) is 37.6 Å². The van der Waals surface area contributed by atoms with E-state index in [9.17, 15) is 17.6 Å². The van der Waals surface area contributed by atoms with Gasteiger partial charge in [-0.15, -0.1) is 0 Å². The second kappa shape index (κ2) is 8.04. The van der Waals surface area contributed by atoms with Crippen molar-refractivity contribution < 1.29 is 21.8 Å². The number of Topliss-reactive ketones (excluding diaryl/α,β-unsaturated/α-hetero) is 1. The van der Waals surface area contributed by atoms with Crippen LogP contribution < -0.4 is 0 Å². The maximum atomic E-state index is 13.9. The molecule has 3 aromatic carbocycles. The number of carbonyl (C=O) groups is 1. The third-order valence-corrected chi connectivity index (χ3v) is 5.70. The Morgan fingerprint density at radius 1 is 0.929 bits per heavy atom. The fraction of sp³-hybridized carbons (Fsp3) is 0.136. The Balaban J connectivity index is 1.76. The summed E-state index contributed by atoms with van der Waals surface area (Å²) in [7, 11) is -4.06. The van der Waals surface area contributed by atoms with Gasteiger partial charge in [0.2, 0.25) is 0 Å². The third kappa shape index (κ3) is 4.35. The molecule has 144 valence electrons. The average molecular weight is 398 g/mol. The number of aryl methyl sites for hydroxylation is 1. The van der Waals surface area contributed by atoms with Gasteiger partial charge < -0.3 is 0 Å². The molecule has 0 aliphatic heterocycles. The van der Waals surface area contributed by atoms with Crippen molar-refractivity contribution in [2.24, 2.45) is 0 Å². The summed E-state index contributed by atoms with van der Waals surface area (Å²) < 4.78 is 43.7. The minimum Gasteiger partial charge on any atom is -0.291 e. The van der Waals surface area contributed by atoms with Gasteiger partial charge in [0.15, 0.2) is 5.78 Å². The van der Waals surface area contributed by atoms with Crippen LogP contribution in [0.1, 0.15) is 22.8 Å². The molecule has 4 nitrogen and oxygen atoms in total. The maximum Gasteiger partial charge on any atom is 0.297 e. The van der Waals surface area contributed by atoms with E-state index >= 15 is 0 Å². The van der Waals surface area contributed by atoms with E-state index in [4.69, 9.17) is 4.18 Å². The molecule has 0 radical (unpaired) electrons. The van der Waals surface area contributed by atoms with Crippen LogP contribution in [0.2, 0.25) is 0 Å². The predicted octanol–water partition coefficient (Wildman–Crippen LogP) is 4.78. The molecule has 0 unspecified atom stereocenters. The zero-order chi connectivity index (χ0) is 20.3. The van der Waals surface area contributed by atoms with E-state index in [1.807, 2.05) is 6.92 Å². The average Bonchev–Trinajstić information content (AvgIpc) is 2.68. The number of ketones is 1. The maximum absolute atomic E-state index is 13.9. The van der Waals surface area contributed by atoms with Crippen molar-refractivity contribution in [3.63, 3.8) is 0 Å². The molecule has 28 heavy (non-hydrogen) atoms. The van der Waals surface area contributed by atoms with Gasteiger partial charge in [-0.3, -0.25) is 8.98 Å². The Kier molecular flexibility index (Phi) is 5.72. The SMILES string of the molecule is Cc1ccc(S(=O)(=O)O[C@H](C)C(=O)c2ccc(-c3ccccc3F)cc2)cc1. The lowest BCUT2D eigenvalue weighted by atomic mass is 10.0. The van der Waals surface area contributed by atoms with Crippen molar-refractivity contribution in [2.45, 2.75) is 24.8 Å². The molecule has 0 bridgehead atoms. The van der Waals surface area contributed by atoms with E-state index < -0.39 is 22.0 Å². The molecule has 0 saturated carbocycles. The first kappa shape index (κ1) is 19.9. The second-order valence-corrected chi connectivity index (χ2v) is 8.00. The molecule has 6 heteroatoms. The van der Waals surface area contributed by atoms with Crippen LogP contribution in [0, 0.1) is 12.7 Å². The molecule has 3 rings (SSSR count). The normalized spacial score (nSPS) is 12.5. The summed E-state index contributed by atoms with van der Waals surface area (Å²) >= 11 is 0. The number of rotatable bonds is 6. The van der Waals surface area contributed by atoms with E-state index in [1.54, 1.807) is 42.5 Å². The summed E-state index contributed by atoms with van der Waals surface area (Å²) in [6.07, 6.45) is -1.19. The molecule has 0 fully saturated rings. The molecule has 0 N–H and O–H groups in total. The molecule has 3 aromatic rings. The lowest BCUT2D eigenvalue weighted by molar-refractivity contribution is 0.0826. The molecular weight excluding hydrogens is 379 g/mol. The molecule has 0 heterocycles. The van der Waals surface area contributed by atoms with Crippen molar-refractivity contribution in [1.29, 1.82) is 0 Å². The van der Waals surface area contributed by atoms with Crippen molar-refractivity contribution in [3.8, 4) is 11.1 Å². The van der Waals surface area contributed by atoms with Crippen LogP contribution in [0.3, 0.4) is 0 Å². The highest BCUT2D eigenvalue weighted by Gasteiger charge is 2.24. The molecule has 0 amide bonds. The van der Waals surface area contributed by atoms with Crippen molar-refractivity contribution in [1.82, 2.24) is 0 Å². The van der Waals surface area contributed by atoms with Crippen LogP contribution in [0.25, 0.3) is 11.1 Å². The number of benzene rings is 3. The van der Waals surface area contributed by atoms with Crippen LogP contribution >= 0.6 is 0 Å². The minimum absolute atomic E-state index is 0.00680. The zero-order valence-corrected chi connectivity index (χ0v) is 16.2. The summed E-state index contributed by atoms with van der Waals surface area (Å²) in [5, 5.41) is 0. The fourth-order valence-electron chi connectivity index (χ4n) is 2.74. The highest BCUT2D eigenvalue weighted by Crippen LogP contribution is 2.24. The van der Waals surface area contributed by atoms with Crippen LogP contribution in [0.5, 0.6) is 0 Å². The number of halogens is 1. The molecule has 1 atom stereocenters. The summed E-state index contributed by atoms with van der Waals surface area (Å²) in [4.78, 5) is 12.6.